The van der Waals surface area contributed by atoms with Crippen molar-refractivity contribution in [3.05, 3.63) is 33.7 Å². The van der Waals surface area contributed by atoms with Gasteiger partial charge in [-0.25, -0.2) is 4.79 Å². The number of carbonyl (C=O) groups is 4. The number of fused-ring (bicyclic) bond motifs is 1. The zero-order chi connectivity index (χ0) is 20.4. The maximum absolute atomic E-state index is 12.6. The lowest BCUT2D eigenvalue weighted by atomic mass is 10.0. The first kappa shape index (κ1) is 20.7. The van der Waals surface area contributed by atoms with Gasteiger partial charge in [0.1, 0.15) is 22.4 Å². The van der Waals surface area contributed by atoms with Gasteiger partial charge < -0.3 is 15.2 Å². The third-order valence-electron chi connectivity index (χ3n) is 4.40. The third-order valence-corrected chi connectivity index (χ3v) is 7.53. The van der Waals surface area contributed by atoms with Crippen molar-refractivity contribution < 1.29 is 29.0 Å². The summed E-state index contributed by atoms with van der Waals surface area (Å²) in [7, 11) is 1.24. The molecule has 2 amide bonds. The van der Waals surface area contributed by atoms with Crippen LogP contribution >= 0.6 is 34.9 Å². The van der Waals surface area contributed by atoms with E-state index in [1.807, 2.05) is 17.5 Å². The topological polar surface area (TPSA) is 113 Å². The van der Waals surface area contributed by atoms with Crippen molar-refractivity contribution in [3.8, 4) is 0 Å². The lowest BCUT2D eigenvalue weighted by Crippen LogP contribution is -2.71. The van der Waals surface area contributed by atoms with Gasteiger partial charge in [0.2, 0.25) is 5.91 Å². The predicted molar refractivity (Wildman–Crippen MR) is 107 cm³/mol. The largest absolute Gasteiger partial charge is 0.477 e. The molecule has 0 radical (unpaired) electrons. The summed E-state index contributed by atoms with van der Waals surface area (Å²) in [6, 6.07) is 2.90. The Morgan fingerprint density at radius 2 is 2.21 bits per heavy atom. The van der Waals surface area contributed by atoms with Crippen LogP contribution in [-0.2, 0) is 30.3 Å². The number of ether oxygens (including phenoxy) is 1. The molecule has 2 unspecified atom stereocenters. The molecule has 0 aromatic carbocycles. The van der Waals surface area contributed by atoms with Gasteiger partial charge in [0.05, 0.1) is 13.5 Å². The number of hydrogen-bond acceptors (Lipinski definition) is 8. The Bertz CT molecular complexity index is 838. The molecule has 1 aromatic heterocycles. The second kappa shape index (κ2) is 8.58. The van der Waals surface area contributed by atoms with Crippen LogP contribution in [0.15, 0.2) is 28.8 Å². The van der Waals surface area contributed by atoms with Gasteiger partial charge in [0.25, 0.3) is 5.91 Å². The quantitative estimate of drug-likeness (QED) is 0.474. The van der Waals surface area contributed by atoms with Crippen molar-refractivity contribution in [2.45, 2.75) is 23.1 Å². The minimum atomic E-state index is -1.28. The van der Waals surface area contributed by atoms with E-state index in [9.17, 15) is 24.3 Å². The highest BCUT2D eigenvalue weighted by molar-refractivity contribution is 8.01. The average Bonchev–Trinajstić information content (AvgIpc) is 3.18. The number of thioether (sulfide) groups is 2. The second-order valence-electron chi connectivity index (χ2n) is 6.03. The predicted octanol–water partition coefficient (Wildman–Crippen LogP) is 0.934. The van der Waals surface area contributed by atoms with Crippen molar-refractivity contribution in [2.75, 3.05) is 19.1 Å². The number of amides is 2. The van der Waals surface area contributed by atoms with Gasteiger partial charge in [-0.05, 0) is 23.3 Å². The summed E-state index contributed by atoms with van der Waals surface area (Å²) in [5.74, 6) is -2.36. The SMILES string of the molecule is COC(=O)C(SC)C1=C(C(=O)O)N2C(=O)C(NC(=O)Cc3cccs3)[C@@H]2SC1. The maximum Gasteiger partial charge on any atom is 0.352 e. The summed E-state index contributed by atoms with van der Waals surface area (Å²) in [6.07, 6.45) is 1.85. The Kier molecular flexibility index (Phi) is 6.36. The Morgan fingerprint density at radius 1 is 1.46 bits per heavy atom. The molecule has 0 spiro atoms. The molecule has 3 atom stereocenters. The fourth-order valence-corrected chi connectivity index (χ4v) is 6.09. The molecule has 0 aliphatic carbocycles. The van der Waals surface area contributed by atoms with E-state index in [1.54, 1.807) is 6.26 Å². The Balaban J connectivity index is 1.78. The van der Waals surface area contributed by atoms with Crippen LogP contribution < -0.4 is 5.32 Å². The van der Waals surface area contributed by atoms with E-state index in [2.05, 4.69) is 5.32 Å². The normalized spacial score (nSPS) is 22.2. The van der Waals surface area contributed by atoms with Crippen molar-refractivity contribution >= 4 is 58.6 Å². The molecule has 2 N–H and O–H groups in total. The van der Waals surface area contributed by atoms with E-state index in [0.717, 1.165) is 21.5 Å². The van der Waals surface area contributed by atoms with Crippen molar-refractivity contribution in [1.82, 2.24) is 10.2 Å². The molecular weight excluding hydrogens is 424 g/mol. The van der Waals surface area contributed by atoms with E-state index in [-0.39, 0.29) is 23.8 Å². The summed E-state index contributed by atoms with van der Waals surface area (Å²) in [4.78, 5) is 50.8. The van der Waals surface area contributed by atoms with E-state index in [0.29, 0.717) is 5.57 Å². The first-order chi connectivity index (χ1) is 13.4. The van der Waals surface area contributed by atoms with Crippen LogP contribution in [0.5, 0.6) is 0 Å². The second-order valence-corrected chi connectivity index (χ2v) is 9.11. The van der Waals surface area contributed by atoms with Gasteiger partial charge in [-0.15, -0.1) is 34.9 Å². The van der Waals surface area contributed by atoms with Crippen LogP contribution in [0.3, 0.4) is 0 Å². The number of carboxylic acid groups (broad SMARTS) is 1. The molecule has 1 aromatic rings. The number of thiophene rings is 1. The summed E-state index contributed by atoms with van der Waals surface area (Å²) in [5, 5.41) is 12.9. The Hall–Kier alpha value is -1.98. The molecule has 150 valence electrons. The van der Waals surface area contributed by atoms with Crippen LogP contribution in [0.2, 0.25) is 0 Å². The third kappa shape index (κ3) is 3.78. The smallest absolute Gasteiger partial charge is 0.352 e. The molecule has 0 bridgehead atoms. The fraction of sp³-hybridized carbons (Fsp3) is 0.412. The molecule has 3 heterocycles. The van der Waals surface area contributed by atoms with E-state index in [4.69, 9.17) is 4.74 Å². The lowest BCUT2D eigenvalue weighted by molar-refractivity contribution is -0.150. The monoisotopic (exact) mass is 442 g/mol. The minimum Gasteiger partial charge on any atom is -0.477 e. The number of hydrogen-bond donors (Lipinski definition) is 2. The van der Waals surface area contributed by atoms with Crippen molar-refractivity contribution in [1.29, 1.82) is 0 Å². The number of methoxy groups -OCH3 is 1. The van der Waals surface area contributed by atoms with Crippen LogP contribution in [-0.4, -0.2) is 69.5 Å². The summed E-state index contributed by atoms with van der Waals surface area (Å²) in [5.41, 5.74) is 0.145. The molecular formula is C17H18N2O6S3. The van der Waals surface area contributed by atoms with E-state index < -0.39 is 34.5 Å². The fourth-order valence-electron chi connectivity index (χ4n) is 3.13. The number of carboxylic acids is 1. The molecule has 2 aliphatic heterocycles. The summed E-state index contributed by atoms with van der Waals surface area (Å²) < 4.78 is 4.76. The highest BCUT2D eigenvalue weighted by Gasteiger charge is 2.55. The Morgan fingerprint density at radius 3 is 2.79 bits per heavy atom. The number of aliphatic carboxylic acids is 1. The highest BCUT2D eigenvalue weighted by atomic mass is 32.2. The number of carbonyl (C=O) groups excluding carboxylic acids is 3. The number of nitrogens with one attached hydrogen (secondary N) is 1. The van der Waals surface area contributed by atoms with Gasteiger partial charge in [-0.2, -0.15) is 0 Å². The molecule has 11 heteroatoms. The van der Waals surface area contributed by atoms with Crippen LogP contribution in [0, 0.1) is 0 Å². The lowest BCUT2D eigenvalue weighted by Gasteiger charge is -2.49. The zero-order valence-electron chi connectivity index (χ0n) is 15.0. The zero-order valence-corrected chi connectivity index (χ0v) is 17.5. The van der Waals surface area contributed by atoms with Gasteiger partial charge in [-0.1, -0.05) is 6.07 Å². The number of rotatable bonds is 7. The molecule has 1 fully saturated rings. The summed E-state index contributed by atoms with van der Waals surface area (Å²) >= 11 is 3.93. The van der Waals surface area contributed by atoms with Gasteiger partial charge in [0, 0.05) is 10.6 Å². The first-order valence-electron chi connectivity index (χ1n) is 8.22. The number of nitrogens with zero attached hydrogens (tertiary/aromatic N) is 1. The molecule has 28 heavy (non-hydrogen) atoms. The maximum atomic E-state index is 12.6. The highest BCUT2D eigenvalue weighted by Crippen LogP contribution is 2.42. The summed E-state index contributed by atoms with van der Waals surface area (Å²) in [6.45, 7) is 0. The average molecular weight is 443 g/mol. The van der Waals surface area contributed by atoms with Crippen LogP contribution in [0.4, 0.5) is 0 Å². The van der Waals surface area contributed by atoms with E-state index >= 15 is 0 Å². The molecule has 1 saturated heterocycles. The number of esters is 1. The Labute approximate surface area is 173 Å². The van der Waals surface area contributed by atoms with Crippen molar-refractivity contribution in [2.24, 2.45) is 0 Å². The molecule has 8 nitrogen and oxygen atoms in total. The van der Waals surface area contributed by atoms with Crippen LogP contribution in [0.1, 0.15) is 4.88 Å². The van der Waals surface area contributed by atoms with Gasteiger partial charge in [-0.3, -0.25) is 19.3 Å². The van der Waals surface area contributed by atoms with Gasteiger partial charge >= 0.3 is 11.9 Å². The minimum absolute atomic E-state index is 0.169. The molecule has 3 rings (SSSR count). The first-order valence-corrected chi connectivity index (χ1v) is 11.4. The number of β-lactam (4-membered cyclic amide) rings is 1. The molecule has 2 aliphatic rings. The van der Waals surface area contributed by atoms with Gasteiger partial charge in [0.15, 0.2) is 0 Å². The standard InChI is InChI=1S/C17H18N2O6S3/c1-25-17(24)13(26-2)9-7-28-15-11(14(21)19(15)12(9)16(22)23)18-10(20)6-8-4-3-5-27-8/h3-5,11,13,15H,6-7H2,1-2H3,(H,18,20)(H,22,23)/t11?,13?,15-/m0/s1. The van der Waals surface area contributed by atoms with Crippen LogP contribution in [0.25, 0.3) is 0 Å². The molecule has 0 saturated carbocycles. The van der Waals surface area contributed by atoms with Crippen molar-refractivity contribution in [3.63, 3.8) is 0 Å². The van der Waals surface area contributed by atoms with E-state index in [1.165, 1.54) is 30.2 Å².